The molecule has 1 aromatic heterocycles. The highest BCUT2D eigenvalue weighted by molar-refractivity contribution is 7.85. The van der Waals surface area contributed by atoms with Gasteiger partial charge in [0, 0.05) is 5.75 Å². The minimum Gasteiger partial charge on any atom is -0.748 e. The van der Waals surface area contributed by atoms with Gasteiger partial charge < -0.3 is 4.55 Å². The molecule has 5 nitrogen and oxygen atoms in total. The van der Waals surface area contributed by atoms with E-state index < -0.39 is 10.1 Å². The Balaban J connectivity index is 2.35. The van der Waals surface area contributed by atoms with Crippen molar-refractivity contribution in [2.24, 2.45) is 5.92 Å². The molecule has 1 atom stereocenters. The molecule has 1 heterocycles. The van der Waals surface area contributed by atoms with E-state index in [2.05, 4.69) is 35.5 Å². The van der Waals surface area contributed by atoms with E-state index in [0.717, 1.165) is 19.0 Å². The standard InChI is InChI=1S/C15H28N2O3S/c1-3-5-8-15(4-2)13-17-11-10-16(14-17)9-6-7-12-21(18,19)20/h10-11,14-15H,3-9,12-13H2,1-2H3. The van der Waals surface area contributed by atoms with Gasteiger partial charge in [-0.15, -0.1) is 0 Å². The third-order valence-corrected chi connectivity index (χ3v) is 4.61. The maximum Gasteiger partial charge on any atom is 0.243 e. The zero-order valence-electron chi connectivity index (χ0n) is 13.2. The first kappa shape index (κ1) is 18.2. The zero-order valence-corrected chi connectivity index (χ0v) is 14.0. The van der Waals surface area contributed by atoms with Gasteiger partial charge >= 0.3 is 0 Å². The van der Waals surface area contributed by atoms with Crippen LogP contribution >= 0.6 is 0 Å². The van der Waals surface area contributed by atoms with Crippen LogP contribution in [0.3, 0.4) is 0 Å². The molecule has 6 heteroatoms. The van der Waals surface area contributed by atoms with Crippen LogP contribution in [0, 0.1) is 5.92 Å². The summed E-state index contributed by atoms with van der Waals surface area (Å²) in [5.74, 6) is 0.458. The molecule has 0 spiro atoms. The number of hydrogen-bond acceptors (Lipinski definition) is 3. The molecule has 0 radical (unpaired) electrons. The molecule has 0 N–H and O–H groups in total. The lowest BCUT2D eigenvalue weighted by molar-refractivity contribution is -0.703. The van der Waals surface area contributed by atoms with E-state index in [1.165, 1.54) is 25.7 Å². The van der Waals surface area contributed by atoms with Crippen LogP contribution in [-0.2, 0) is 23.2 Å². The van der Waals surface area contributed by atoms with E-state index in [9.17, 15) is 13.0 Å². The van der Waals surface area contributed by atoms with Crippen molar-refractivity contribution in [2.45, 2.75) is 65.5 Å². The highest BCUT2D eigenvalue weighted by Crippen LogP contribution is 2.12. The Labute approximate surface area is 128 Å². The summed E-state index contributed by atoms with van der Waals surface area (Å²) in [6.07, 6.45) is 12.3. The Bertz CT molecular complexity index is 497. The lowest BCUT2D eigenvalue weighted by Crippen LogP contribution is -2.35. The van der Waals surface area contributed by atoms with Crippen molar-refractivity contribution < 1.29 is 17.5 Å². The maximum absolute atomic E-state index is 10.5. The normalized spacial score (nSPS) is 13.5. The van der Waals surface area contributed by atoms with Crippen LogP contribution in [0.4, 0.5) is 0 Å². The molecule has 21 heavy (non-hydrogen) atoms. The number of rotatable bonds is 11. The number of hydrogen-bond donors (Lipinski definition) is 0. The van der Waals surface area contributed by atoms with E-state index in [-0.39, 0.29) is 5.75 Å². The molecular weight excluding hydrogens is 288 g/mol. The summed E-state index contributed by atoms with van der Waals surface area (Å²) >= 11 is 0. The van der Waals surface area contributed by atoms with Gasteiger partial charge in [-0.3, -0.25) is 0 Å². The van der Waals surface area contributed by atoms with Crippen LogP contribution in [-0.4, -0.2) is 23.3 Å². The quantitative estimate of drug-likeness (QED) is 0.357. The minimum absolute atomic E-state index is 0.261. The number of imidazole rings is 1. The molecule has 0 aromatic carbocycles. The van der Waals surface area contributed by atoms with Crippen LogP contribution in [0.5, 0.6) is 0 Å². The van der Waals surface area contributed by atoms with Gasteiger partial charge in [0.2, 0.25) is 6.33 Å². The van der Waals surface area contributed by atoms with Gasteiger partial charge in [0.25, 0.3) is 0 Å². The van der Waals surface area contributed by atoms with Gasteiger partial charge in [0.15, 0.2) is 0 Å². The number of aryl methyl sites for hydroxylation is 1. The second kappa shape index (κ2) is 9.20. The fourth-order valence-electron chi connectivity index (χ4n) is 2.47. The molecule has 1 rings (SSSR count). The molecule has 1 aromatic rings. The number of unbranched alkanes of at least 4 members (excludes halogenated alkanes) is 2. The van der Waals surface area contributed by atoms with Gasteiger partial charge in [-0.25, -0.2) is 17.6 Å². The molecule has 0 bridgehead atoms. The topological polar surface area (TPSA) is 66.0 Å². The molecule has 122 valence electrons. The average Bonchev–Trinajstić information content (AvgIpc) is 2.86. The first-order valence-corrected chi connectivity index (χ1v) is 9.50. The number of nitrogens with zero attached hydrogens (tertiary/aromatic N) is 2. The first-order valence-electron chi connectivity index (χ1n) is 7.93. The molecule has 0 aliphatic carbocycles. The fourth-order valence-corrected chi connectivity index (χ4v) is 3.03. The third-order valence-electron chi connectivity index (χ3n) is 3.82. The summed E-state index contributed by atoms with van der Waals surface area (Å²) in [6.45, 7) is 6.26. The summed E-state index contributed by atoms with van der Waals surface area (Å²) in [5, 5.41) is 0. The van der Waals surface area contributed by atoms with Crippen molar-refractivity contribution in [3.05, 3.63) is 18.7 Å². The van der Waals surface area contributed by atoms with Crippen molar-refractivity contribution in [3.8, 4) is 0 Å². The zero-order chi connectivity index (χ0) is 15.7. The summed E-state index contributed by atoms with van der Waals surface area (Å²) in [7, 11) is -4.07. The Morgan fingerprint density at radius 1 is 1.24 bits per heavy atom. The highest BCUT2D eigenvalue weighted by Gasteiger charge is 2.11. The predicted octanol–water partition coefficient (Wildman–Crippen LogP) is 2.32. The smallest absolute Gasteiger partial charge is 0.243 e. The summed E-state index contributed by atoms with van der Waals surface area (Å²) in [4.78, 5) is 0. The Morgan fingerprint density at radius 3 is 2.62 bits per heavy atom. The van der Waals surface area contributed by atoms with Crippen molar-refractivity contribution in [1.82, 2.24) is 4.57 Å². The molecule has 0 amide bonds. The minimum atomic E-state index is -4.07. The average molecular weight is 316 g/mol. The molecule has 0 aliphatic rings. The summed E-state index contributed by atoms with van der Waals surface area (Å²) in [6, 6.07) is 0. The van der Waals surface area contributed by atoms with Gasteiger partial charge in [0.05, 0.1) is 23.2 Å². The Hall–Kier alpha value is -0.880. The van der Waals surface area contributed by atoms with Crippen molar-refractivity contribution in [1.29, 1.82) is 0 Å². The molecule has 0 saturated heterocycles. The van der Waals surface area contributed by atoms with Crippen molar-refractivity contribution >= 4 is 10.1 Å². The van der Waals surface area contributed by atoms with Crippen LogP contribution in [0.15, 0.2) is 18.7 Å². The van der Waals surface area contributed by atoms with E-state index in [1.54, 1.807) is 0 Å². The maximum atomic E-state index is 10.5. The first-order chi connectivity index (χ1) is 9.94. The van der Waals surface area contributed by atoms with E-state index in [4.69, 9.17) is 0 Å². The summed E-state index contributed by atoms with van der Waals surface area (Å²) in [5.41, 5.74) is 0. The predicted molar refractivity (Wildman–Crippen MR) is 81.7 cm³/mol. The second-order valence-electron chi connectivity index (χ2n) is 5.73. The Kier molecular flexibility index (Phi) is 7.96. The molecule has 0 saturated carbocycles. The summed E-state index contributed by atoms with van der Waals surface area (Å²) < 4.78 is 35.8. The molecule has 0 fully saturated rings. The van der Waals surface area contributed by atoms with Crippen LogP contribution in [0.25, 0.3) is 0 Å². The van der Waals surface area contributed by atoms with Crippen molar-refractivity contribution in [2.75, 3.05) is 5.75 Å². The van der Waals surface area contributed by atoms with Crippen LogP contribution in [0.1, 0.15) is 52.4 Å². The lowest BCUT2D eigenvalue weighted by Gasteiger charge is -2.11. The van der Waals surface area contributed by atoms with Crippen LogP contribution in [0.2, 0.25) is 0 Å². The molecule has 0 aliphatic heterocycles. The van der Waals surface area contributed by atoms with Gasteiger partial charge in [-0.05, 0) is 31.6 Å². The van der Waals surface area contributed by atoms with Crippen molar-refractivity contribution in [3.63, 3.8) is 0 Å². The largest absolute Gasteiger partial charge is 0.748 e. The van der Waals surface area contributed by atoms with E-state index in [0.29, 0.717) is 12.8 Å². The second-order valence-corrected chi connectivity index (χ2v) is 7.26. The van der Waals surface area contributed by atoms with Crippen LogP contribution < -0.4 is 4.57 Å². The van der Waals surface area contributed by atoms with E-state index >= 15 is 0 Å². The lowest BCUT2D eigenvalue weighted by atomic mass is 9.99. The Morgan fingerprint density at radius 2 is 2.00 bits per heavy atom. The fraction of sp³-hybridized carbons (Fsp3) is 0.800. The van der Waals surface area contributed by atoms with E-state index in [1.807, 2.05) is 6.20 Å². The highest BCUT2D eigenvalue weighted by atomic mass is 32.2. The molecule has 1 unspecified atom stereocenters. The van der Waals surface area contributed by atoms with Gasteiger partial charge in [0.1, 0.15) is 12.4 Å². The monoisotopic (exact) mass is 316 g/mol. The van der Waals surface area contributed by atoms with Gasteiger partial charge in [-0.1, -0.05) is 26.7 Å². The number of aromatic nitrogens is 2. The third kappa shape index (κ3) is 8.21. The SMILES string of the molecule is CCCCC(CC)C[n+]1ccn(CCCCS(=O)(=O)[O-])c1. The van der Waals surface area contributed by atoms with Gasteiger partial charge in [-0.2, -0.15) is 0 Å². The molecular formula is C15H28N2O3S.